The Labute approximate surface area is 102 Å². The van der Waals surface area contributed by atoms with Crippen LogP contribution in [0.3, 0.4) is 0 Å². The van der Waals surface area contributed by atoms with Crippen LogP contribution in [-0.4, -0.2) is 16.2 Å². The minimum Gasteiger partial charge on any atom is -0.481 e. The predicted molar refractivity (Wildman–Crippen MR) is 66.8 cm³/mol. The van der Waals surface area contributed by atoms with Crippen LogP contribution < -0.4 is 0 Å². The van der Waals surface area contributed by atoms with Crippen molar-refractivity contribution < 1.29 is 15.0 Å². The van der Waals surface area contributed by atoms with Gasteiger partial charge in [-0.15, -0.1) is 0 Å². The van der Waals surface area contributed by atoms with Gasteiger partial charge in [0.05, 0.1) is 12.0 Å². The molecule has 0 radical (unpaired) electrons. The van der Waals surface area contributed by atoms with Crippen molar-refractivity contribution in [1.82, 2.24) is 0 Å². The van der Waals surface area contributed by atoms with Gasteiger partial charge in [0.1, 0.15) is 0 Å². The zero-order valence-corrected chi connectivity index (χ0v) is 10.4. The summed E-state index contributed by atoms with van der Waals surface area (Å²) < 4.78 is 0. The van der Waals surface area contributed by atoms with Crippen LogP contribution in [0.4, 0.5) is 0 Å². The highest BCUT2D eigenvalue weighted by Crippen LogP contribution is 2.26. The molecule has 0 saturated heterocycles. The molecule has 0 aromatic heterocycles. The molecule has 17 heavy (non-hydrogen) atoms. The first-order chi connectivity index (χ1) is 8.06. The average molecular weight is 236 g/mol. The molecule has 0 bridgehead atoms. The molecule has 2 N–H and O–H groups in total. The molecule has 1 rings (SSSR count). The van der Waals surface area contributed by atoms with Gasteiger partial charge in [0, 0.05) is 0 Å². The summed E-state index contributed by atoms with van der Waals surface area (Å²) in [6, 6.07) is 7.36. The molecule has 0 fully saturated rings. The Morgan fingerprint density at radius 3 is 2.35 bits per heavy atom. The molecule has 1 aromatic carbocycles. The monoisotopic (exact) mass is 236 g/mol. The Kier molecular flexibility index (Phi) is 5.16. The SMILES string of the molecule is CCCCC(C(=O)O)C(O)c1ccc(C)cc1. The smallest absolute Gasteiger partial charge is 0.309 e. The topological polar surface area (TPSA) is 57.5 Å². The number of hydrogen-bond donors (Lipinski definition) is 2. The van der Waals surface area contributed by atoms with Crippen LogP contribution in [0.15, 0.2) is 24.3 Å². The van der Waals surface area contributed by atoms with E-state index in [0.717, 1.165) is 18.4 Å². The second kappa shape index (κ2) is 6.40. The van der Waals surface area contributed by atoms with E-state index < -0.39 is 18.0 Å². The van der Waals surface area contributed by atoms with E-state index in [-0.39, 0.29) is 0 Å². The highest BCUT2D eigenvalue weighted by atomic mass is 16.4. The van der Waals surface area contributed by atoms with Gasteiger partial charge in [-0.2, -0.15) is 0 Å². The lowest BCUT2D eigenvalue weighted by Gasteiger charge is -2.19. The molecule has 0 aliphatic heterocycles. The lowest BCUT2D eigenvalue weighted by Crippen LogP contribution is -2.22. The Morgan fingerprint density at radius 1 is 1.29 bits per heavy atom. The normalized spacial score (nSPS) is 14.3. The van der Waals surface area contributed by atoms with Crippen molar-refractivity contribution >= 4 is 5.97 Å². The number of aliphatic hydroxyl groups is 1. The van der Waals surface area contributed by atoms with Gasteiger partial charge in [-0.1, -0.05) is 49.6 Å². The second-order valence-electron chi connectivity index (χ2n) is 4.44. The molecule has 1 aromatic rings. The average Bonchev–Trinajstić information content (AvgIpc) is 2.29. The third-order valence-corrected chi connectivity index (χ3v) is 2.99. The first-order valence-electron chi connectivity index (χ1n) is 6.03. The molecule has 94 valence electrons. The summed E-state index contributed by atoms with van der Waals surface area (Å²) in [6.45, 7) is 3.97. The number of carbonyl (C=O) groups is 1. The van der Waals surface area contributed by atoms with Gasteiger partial charge in [0.15, 0.2) is 0 Å². The molecular weight excluding hydrogens is 216 g/mol. The maximum atomic E-state index is 11.1. The number of unbranched alkanes of at least 4 members (excludes halogenated alkanes) is 1. The lowest BCUT2D eigenvalue weighted by molar-refractivity contribution is -0.146. The Bertz CT molecular complexity index is 356. The molecule has 2 unspecified atom stereocenters. The summed E-state index contributed by atoms with van der Waals surface area (Å²) in [5.41, 5.74) is 1.78. The van der Waals surface area contributed by atoms with Crippen LogP contribution in [0.1, 0.15) is 43.4 Å². The molecule has 3 heteroatoms. The van der Waals surface area contributed by atoms with E-state index >= 15 is 0 Å². The van der Waals surface area contributed by atoms with E-state index in [1.807, 2.05) is 26.0 Å². The standard InChI is InChI=1S/C14H20O3/c1-3-4-5-12(14(16)17)13(15)11-8-6-10(2)7-9-11/h6-9,12-13,15H,3-5H2,1-2H3,(H,16,17). The van der Waals surface area contributed by atoms with E-state index in [1.165, 1.54) is 0 Å². The van der Waals surface area contributed by atoms with Crippen molar-refractivity contribution in [3.8, 4) is 0 Å². The van der Waals surface area contributed by atoms with Crippen molar-refractivity contribution in [2.75, 3.05) is 0 Å². The highest BCUT2D eigenvalue weighted by molar-refractivity contribution is 5.71. The Morgan fingerprint density at radius 2 is 1.88 bits per heavy atom. The lowest BCUT2D eigenvalue weighted by atomic mass is 9.91. The Hall–Kier alpha value is -1.35. The summed E-state index contributed by atoms with van der Waals surface area (Å²) in [4.78, 5) is 11.1. The van der Waals surface area contributed by atoms with Crippen molar-refractivity contribution in [3.05, 3.63) is 35.4 Å². The molecule has 0 saturated carbocycles. The fourth-order valence-electron chi connectivity index (χ4n) is 1.84. The second-order valence-corrected chi connectivity index (χ2v) is 4.44. The van der Waals surface area contributed by atoms with Gasteiger partial charge in [0.25, 0.3) is 0 Å². The predicted octanol–water partition coefficient (Wildman–Crippen LogP) is 2.92. The molecule has 2 atom stereocenters. The first kappa shape index (κ1) is 13.7. The summed E-state index contributed by atoms with van der Waals surface area (Å²) in [5.74, 6) is -1.64. The Balaban J connectivity index is 2.79. The maximum absolute atomic E-state index is 11.1. The number of benzene rings is 1. The van der Waals surface area contributed by atoms with Gasteiger partial charge in [0.2, 0.25) is 0 Å². The van der Waals surface area contributed by atoms with Crippen LogP contribution in [0.5, 0.6) is 0 Å². The highest BCUT2D eigenvalue weighted by Gasteiger charge is 2.26. The molecular formula is C14H20O3. The van der Waals surface area contributed by atoms with Crippen LogP contribution in [0.2, 0.25) is 0 Å². The van der Waals surface area contributed by atoms with Crippen LogP contribution in [-0.2, 0) is 4.79 Å². The maximum Gasteiger partial charge on any atom is 0.309 e. The van der Waals surface area contributed by atoms with Crippen LogP contribution in [0, 0.1) is 12.8 Å². The molecule has 0 amide bonds. The summed E-state index contributed by atoms with van der Waals surface area (Å²) in [6.07, 6.45) is 1.35. The van der Waals surface area contributed by atoms with Gasteiger partial charge < -0.3 is 10.2 Å². The molecule has 0 aliphatic carbocycles. The zero-order chi connectivity index (χ0) is 12.8. The number of carboxylic acid groups (broad SMARTS) is 1. The summed E-state index contributed by atoms with van der Waals surface area (Å²) in [5, 5.41) is 19.2. The van der Waals surface area contributed by atoms with Gasteiger partial charge >= 0.3 is 5.97 Å². The summed E-state index contributed by atoms with van der Waals surface area (Å²) in [7, 11) is 0. The summed E-state index contributed by atoms with van der Waals surface area (Å²) >= 11 is 0. The fraction of sp³-hybridized carbons (Fsp3) is 0.500. The number of carboxylic acids is 1. The van der Waals surface area contributed by atoms with E-state index in [4.69, 9.17) is 5.11 Å². The molecule has 3 nitrogen and oxygen atoms in total. The minimum atomic E-state index is -0.925. The number of aliphatic hydroxyl groups excluding tert-OH is 1. The third-order valence-electron chi connectivity index (χ3n) is 2.99. The van der Waals surface area contributed by atoms with Gasteiger partial charge in [-0.05, 0) is 18.9 Å². The van der Waals surface area contributed by atoms with Crippen molar-refractivity contribution in [1.29, 1.82) is 0 Å². The zero-order valence-electron chi connectivity index (χ0n) is 10.4. The van der Waals surface area contributed by atoms with Gasteiger partial charge in [-0.3, -0.25) is 4.79 Å². The third kappa shape index (κ3) is 3.86. The van der Waals surface area contributed by atoms with E-state index in [9.17, 15) is 9.90 Å². The van der Waals surface area contributed by atoms with Crippen LogP contribution in [0.25, 0.3) is 0 Å². The van der Waals surface area contributed by atoms with E-state index in [2.05, 4.69) is 0 Å². The number of rotatable bonds is 6. The molecule has 0 aliphatic rings. The first-order valence-corrected chi connectivity index (χ1v) is 6.03. The number of hydrogen-bond acceptors (Lipinski definition) is 2. The molecule has 0 heterocycles. The van der Waals surface area contributed by atoms with E-state index in [0.29, 0.717) is 12.0 Å². The quantitative estimate of drug-likeness (QED) is 0.798. The number of aliphatic carboxylic acids is 1. The van der Waals surface area contributed by atoms with Crippen LogP contribution >= 0.6 is 0 Å². The van der Waals surface area contributed by atoms with E-state index in [1.54, 1.807) is 12.1 Å². The van der Waals surface area contributed by atoms with Crippen molar-refractivity contribution in [3.63, 3.8) is 0 Å². The minimum absolute atomic E-state index is 0.515. The van der Waals surface area contributed by atoms with Gasteiger partial charge in [-0.25, -0.2) is 0 Å². The fourth-order valence-corrected chi connectivity index (χ4v) is 1.84. The largest absolute Gasteiger partial charge is 0.481 e. The molecule has 0 spiro atoms. The van der Waals surface area contributed by atoms with Crippen molar-refractivity contribution in [2.45, 2.75) is 39.2 Å². The van der Waals surface area contributed by atoms with Crippen molar-refractivity contribution in [2.24, 2.45) is 5.92 Å². The number of aryl methyl sites for hydroxylation is 1.